The number of carbonyl (C=O) groups is 1. The van der Waals surface area contributed by atoms with Crippen LogP contribution in [0.1, 0.15) is 32.6 Å². The zero-order valence-corrected chi connectivity index (χ0v) is 14.9. The van der Waals surface area contributed by atoms with Gasteiger partial charge in [-0.2, -0.15) is 0 Å². The Balaban J connectivity index is 1.37. The molecule has 3 aliphatic rings. The van der Waals surface area contributed by atoms with Gasteiger partial charge in [-0.1, -0.05) is 6.42 Å². The summed E-state index contributed by atoms with van der Waals surface area (Å²) in [5.74, 6) is 3.17. The number of fused-ring (bicyclic) bond motifs is 2. The zero-order chi connectivity index (χ0) is 17.2. The van der Waals surface area contributed by atoms with E-state index in [1.165, 1.54) is 25.7 Å². The maximum absolute atomic E-state index is 12.5. The molecule has 1 aromatic heterocycles. The number of aromatic nitrogens is 1. The van der Waals surface area contributed by atoms with Crippen molar-refractivity contribution in [1.82, 2.24) is 10.3 Å². The minimum atomic E-state index is -0.127. The van der Waals surface area contributed by atoms with E-state index in [1.54, 1.807) is 6.20 Å². The van der Waals surface area contributed by atoms with E-state index in [0.717, 1.165) is 36.4 Å². The number of hydrogen-bond donors (Lipinski definition) is 2. The first kappa shape index (κ1) is 16.6. The Kier molecular flexibility index (Phi) is 4.79. The summed E-state index contributed by atoms with van der Waals surface area (Å²) in [7, 11) is 0. The second-order valence-corrected chi connectivity index (χ2v) is 7.70. The molecule has 1 aliphatic heterocycles. The highest BCUT2D eigenvalue weighted by molar-refractivity contribution is 5.92. The molecule has 2 bridgehead atoms. The highest BCUT2D eigenvalue weighted by Crippen LogP contribution is 2.49. The lowest BCUT2D eigenvalue weighted by Gasteiger charge is -2.30. The molecule has 2 saturated carbocycles. The number of amides is 2. The molecule has 0 unspecified atom stereocenters. The number of carbonyl (C=O) groups excluding carboxylic acids is 1. The molecule has 2 N–H and O–H groups in total. The molecule has 0 radical (unpaired) electrons. The van der Waals surface area contributed by atoms with Crippen molar-refractivity contribution >= 4 is 17.5 Å². The van der Waals surface area contributed by atoms with Crippen LogP contribution in [0.2, 0.25) is 0 Å². The third-order valence-corrected chi connectivity index (χ3v) is 6.14. The predicted molar refractivity (Wildman–Crippen MR) is 97.8 cm³/mol. The molecular formula is C19H28N4O2. The quantitative estimate of drug-likeness (QED) is 0.881. The number of rotatable bonds is 4. The highest BCUT2D eigenvalue weighted by atomic mass is 16.5. The molecule has 2 heterocycles. The summed E-state index contributed by atoms with van der Waals surface area (Å²) >= 11 is 0. The fourth-order valence-electron chi connectivity index (χ4n) is 4.90. The van der Waals surface area contributed by atoms with Gasteiger partial charge in [0.2, 0.25) is 0 Å². The maximum Gasteiger partial charge on any atom is 0.319 e. The van der Waals surface area contributed by atoms with Crippen molar-refractivity contribution in [2.45, 2.75) is 38.6 Å². The summed E-state index contributed by atoms with van der Waals surface area (Å²) in [6, 6.07) is 3.87. The van der Waals surface area contributed by atoms with Crippen LogP contribution < -0.4 is 15.5 Å². The Labute approximate surface area is 149 Å². The molecule has 4 atom stereocenters. The molecule has 6 heteroatoms. The summed E-state index contributed by atoms with van der Waals surface area (Å²) in [5, 5.41) is 6.18. The number of nitrogens with one attached hydrogen (secondary N) is 2. The van der Waals surface area contributed by atoms with Crippen LogP contribution in [-0.2, 0) is 4.74 Å². The van der Waals surface area contributed by atoms with Crippen LogP contribution >= 0.6 is 0 Å². The van der Waals surface area contributed by atoms with Gasteiger partial charge in [0.05, 0.1) is 18.9 Å². The SMILES string of the molecule is C[C@@H](NC(=O)Nc1cccnc1N1CCOCC1)[C@H]1C[C@H]2CC[C@H]1C2. The van der Waals surface area contributed by atoms with Crippen LogP contribution in [0, 0.1) is 17.8 Å². The second kappa shape index (κ2) is 7.20. The van der Waals surface area contributed by atoms with Crippen molar-refractivity contribution in [2.75, 3.05) is 36.5 Å². The van der Waals surface area contributed by atoms with Crippen LogP contribution in [-0.4, -0.2) is 43.4 Å². The summed E-state index contributed by atoms with van der Waals surface area (Å²) in [5.41, 5.74) is 0.766. The maximum atomic E-state index is 12.5. The van der Waals surface area contributed by atoms with Crippen molar-refractivity contribution in [1.29, 1.82) is 0 Å². The first-order valence-corrected chi connectivity index (χ1v) is 9.56. The Morgan fingerprint density at radius 1 is 1.32 bits per heavy atom. The molecule has 0 spiro atoms. The van der Waals surface area contributed by atoms with E-state index in [-0.39, 0.29) is 12.1 Å². The number of nitrogens with zero attached hydrogens (tertiary/aromatic N) is 2. The van der Waals surface area contributed by atoms with Crippen LogP contribution in [0.5, 0.6) is 0 Å². The molecule has 25 heavy (non-hydrogen) atoms. The van der Waals surface area contributed by atoms with Crippen LogP contribution in [0.15, 0.2) is 18.3 Å². The molecule has 136 valence electrons. The van der Waals surface area contributed by atoms with Crippen molar-refractivity contribution in [3.8, 4) is 0 Å². The molecule has 0 aromatic carbocycles. The van der Waals surface area contributed by atoms with Gasteiger partial charge in [0, 0.05) is 25.3 Å². The van der Waals surface area contributed by atoms with E-state index < -0.39 is 0 Å². The molecule has 3 fully saturated rings. The molecule has 1 aromatic rings. The summed E-state index contributed by atoms with van der Waals surface area (Å²) in [6.07, 6.45) is 7.14. The molecular weight excluding hydrogens is 316 g/mol. The number of ether oxygens (including phenoxy) is 1. The van der Waals surface area contributed by atoms with Gasteiger partial charge in [-0.3, -0.25) is 0 Å². The van der Waals surface area contributed by atoms with Gasteiger partial charge in [-0.05, 0) is 56.1 Å². The Morgan fingerprint density at radius 2 is 2.16 bits per heavy atom. The average molecular weight is 344 g/mol. The van der Waals surface area contributed by atoms with E-state index >= 15 is 0 Å². The lowest BCUT2D eigenvalue weighted by atomic mass is 9.84. The zero-order valence-electron chi connectivity index (χ0n) is 14.9. The highest BCUT2D eigenvalue weighted by Gasteiger charge is 2.42. The lowest BCUT2D eigenvalue weighted by Crippen LogP contribution is -2.43. The molecule has 1 saturated heterocycles. The minimum absolute atomic E-state index is 0.127. The number of urea groups is 1. The van der Waals surface area contributed by atoms with Gasteiger partial charge >= 0.3 is 6.03 Å². The minimum Gasteiger partial charge on any atom is -0.378 e. The van der Waals surface area contributed by atoms with Crippen molar-refractivity contribution in [3.05, 3.63) is 18.3 Å². The number of hydrogen-bond acceptors (Lipinski definition) is 4. The van der Waals surface area contributed by atoms with E-state index in [0.29, 0.717) is 19.1 Å². The summed E-state index contributed by atoms with van der Waals surface area (Å²) < 4.78 is 5.41. The first-order valence-electron chi connectivity index (χ1n) is 9.56. The Morgan fingerprint density at radius 3 is 2.88 bits per heavy atom. The van der Waals surface area contributed by atoms with Crippen LogP contribution in [0.3, 0.4) is 0 Å². The van der Waals surface area contributed by atoms with Crippen molar-refractivity contribution in [3.63, 3.8) is 0 Å². The summed E-state index contributed by atoms with van der Waals surface area (Å²) in [6.45, 7) is 5.15. The van der Waals surface area contributed by atoms with Crippen LogP contribution in [0.25, 0.3) is 0 Å². The van der Waals surface area contributed by atoms with E-state index in [9.17, 15) is 4.79 Å². The third-order valence-electron chi connectivity index (χ3n) is 6.14. The number of anilines is 2. The van der Waals surface area contributed by atoms with E-state index in [2.05, 4.69) is 27.4 Å². The van der Waals surface area contributed by atoms with Crippen molar-refractivity contribution < 1.29 is 9.53 Å². The molecule has 4 rings (SSSR count). The standard InChI is InChI=1S/C19H28N4O2/c1-13(16-12-14-4-5-15(16)11-14)21-19(24)22-17-3-2-6-20-18(17)23-7-9-25-10-8-23/h2-3,6,13-16H,4-5,7-12H2,1H3,(H2,21,22,24)/t13-,14+,15+,16-/m1/s1. The van der Waals surface area contributed by atoms with Gasteiger partial charge in [0.1, 0.15) is 0 Å². The largest absolute Gasteiger partial charge is 0.378 e. The van der Waals surface area contributed by atoms with Crippen LogP contribution in [0.4, 0.5) is 16.3 Å². The molecule has 2 amide bonds. The first-order chi connectivity index (χ1) is 12.2. The molecule has 6 nitrogen and oxygen atoms in total. The fraction of sp³-hybridized carbons (Fsp3) is 0.684. The van der Waals surface area contributed by atoms with Gasteiger partial charge in [0.25, 0.3) is 0 Å². The lowest BCUT2D eigenvalue weighted by molar-refractivity contribution is 0.122. The fourth-order valence-corrected chi connectivity index (χ4v) is 4.90. The average Bonchev–Trinajstić information content (AvgIpc) is 3.26. The summed E-state index contributed by atoms with van der Waals surface area (Å²) in [4.78, 5) is 19.2. The predicted octanol–water partition coefficient (Wildman–Crippen LogP) is 2.86. The van der Waals surface area contributed by atoms with Gasteiger partial charge in [-0.15, -0.1) is 0 Å². The molecule has 2 aliphatic carbocycles. The van der Waals surface area contributed by atoms with Gasteiger partial charge < -0.3 is 20.3 Å². The van der Waals surface area contributed by atoms with Gasteiger partial charge in [0.15, 0.2) is 5.82 Å². The topological polar surface area (TPSA) is 66.5 Å². The Bertz CT molecular complexity index is 617. The smallest absolute Gasteiger partial charge is 0.319 e. The monoisotopic (exact) mass is 344 g/mol. The van der Waals surface area contributed by atoms with Gasteiger partial charge in [-0.25, -0.2) is 9.78 Å². The van der Waals surface area contributed by atoms with E-state index in [4.69, 9.17) is 4.74 Å². The van der Waals surface area contributed by atoms with Crippen molar-refractivity contribution in [2.24, 2.45) is 17.8 Å². The third kappa shape index (κ3) is 3.59. The number of morpholine rings is 1. The Hall–Kier alpha value is -1.82. The second-order valence-electron chi connectivity index (χ2n) is 7.70. The van der Waals surface area contributed by atoms with E-state index in [1.807, 2.05) is 12.1 Å². The number of pyridine rings is 1. The normalized spacial score (nSPS) is 29.5.